The van der Waals surface area contributed by atoms with E-state index < -0.39 is 17.8 Å². The van der Waals surface area contributed by atoms with E-state index in [-0.39, 0.29) is 5.91 Å². The number of rotatable bonds is 6. The Labute approximate surface area is 107 Å². The molecule has 1 aliphatic rings. The number of hydrogen-bond donors (Lipinski definition) is 2. The van der Waals surface area contributed by atoms with Gasteiger partial charge in [0.1, 0.15) is 0 Å². The summed E-state index contributed by atoms with van der Waals surface area (Å²) in [5, 5.41) is 20.3. The quantitative estimate of drug-likeness (QED) is 0.702. The molecule has 3 atom stereocenters. The van der Waals surface area contributed by atoms with Gasteiger partial charge in [-0.3, -0.25) is 9.59 Å². The van der Waals surface area contributed by atoms with Crippen molar-refractivity contribution in [1.82, 2.24) is 5.32 Å². The molecule has 100 valence electrons. The van der Waals surface area contributed by atoms with Gasteiger partial charge in [-0.2, -0.15) is 5.26 Å². The Morgan fingerprint density at radius 2 is 2.06 bits per heavy atom. The Hall–Kier alpha value is -1.57. The minimum Gasteiger partial charge on any atom is -0.481 e. The average molecular weight is 252 g/mol. The minimum absolute atomic E-state index is 0.170. The molecule has 18 heavy (non-hydrogen) atoms. The lowest BCUT2D eigenvalue weighted by atomic mass is 9.95. The molecular formula is C13H20N2O3. The number of nitrogens with one attached hydrogen (secondary N) is 1. The van der Waals surface area contributed by atoms with Gasteiger partial charge in [-0.25, -0.2) is 0 Å². The fourth-order valence-corrected chi connectivity index (χ4v) is 2.55. The van der Waals surface area contributed by atoms with Gasteiger partial charge in [0.15, 0.2) is 0 Å². The molecule has 2 N–H and O–H groups in total. The lowest BCUT2D eigenvalue weighted by Gasteiger charge is -2.15. The maximum absolute atomic E-state index is 11.9. The maximum Gasteiger partial charge on any atom is 0.307 e. The van der Waals surface area contributed by atoms with E-state index >= 15 is 0 Å². The van der Waals surface area contributed by atoms with Crippen molar-refractivity contribution in [2.45, 2.75) is 39.0 Å². The predicted octanol–water partition coefficient (Wildman–Crippen LogP) is 1.54. The van der Waals surface area contributed by atoms with Crippen molar-refractivity contribution in [2.24, 2.45) is 17.8 Å². The standard InChI is InChI=1S/C13H20N2O3/c1-2-9-7-10(11(8-9)13(17)18)12(16)15-6-4-3-5-14/h9-11H,2-4,6-8H2,1H3,(H,15,16)(H,17,18)/t9?,10-,11+/m0/s1. The summed E-state index contributed by atoms with van der Waals surface area (Å²) >= 11 is 0. The number of amides is 1. The number of aliphatic carboxylic acids is 1. The number of unbranched alkanes of at least 4 members (excludes halogenated alkanes) is 1. The molecule has 1 amide bonds. The summed E-state index contributed by atoms with van der Waals surface area (Å²) in [5.74, 6) is -1.67. The van der Waals surface area contributed by atoms with Crippen LogP contribution in [0, 0.1) is 29.1 Å². The second-order valence-electron chi connectivity index (χ2n) is 4.85. The fraction of sp³-hybridized carbons (Fsp3) is 0.769. The van der Waals surface area contributed by atoms with Gasteiger partial charge >= 0.3 is 5.97 Å². The van der Waals surface area contributed by atoms with Crippen molar-refractivity contribution < 1.29 is 14.7 Å². The first-order valence-electron chi connectivity index (χ1n) is 6.47. The summed E-state index contributed by atoms with van der Waals surface area (Å²) in [6, 6.07) is 2.01. The number of nitriles is 1. The fourth-order valence-electron chi connectivity index (χ4n) is 2.55. The van der Waals surface area contributed by atoms with Crippen molar-refractivity contribution in [3.8, 4) is 6.07 Å². The molecule has 0 saturated heterocycles. The lowest BCUT2D eigenvalue weighted by molar-refractivity contribution is -0.146. The summed E-state index contributed by atoms with van der Waals surface area (Å²) < 4.78 is 0. The van der Waals surface area contributed by atoms with Gasteiger partial charge in [0.25, 0.3) is 0 Å². The van der Waals surface area contributed by atoms with Gasteiger partial charge in [0.05, 0.1) is 17.9 Å². The van der Waals surface area contributed by atoms with Crippen LogP contribution in [0.25, 0.3) is 0 Å². The Bertz CT molecular complexity index is 349. The maximum atomic E-state index is 11.9. The summed E-state index contributed by atoms with van der Waals surface area (Å²) in [5.41, 5.74) is 0. The van der Waals surface area contributed by atoms with Crippen LogP contribution < -0.4 is 5.32 Å². The minimum atomic E-state index is -0.872. The second kappa shape index (κ2) is 7.00. The van der Waals surface area contributed by atoms with Crippen LogP contribution in [0.3, 0.4) is 0 Å². The molecule has 0 aromatic heterocycles. The number of hydrogen-bond acceptors (Lipinski definition) is 3. The van der Waals surface area contributed by atoms with E-state index in [9.17, 15) is 9.59 Å². The van der Waals surface area contributed by atoms with Crippen molar-refractivity contribution in [3.05, 3.63) is 0 Å². The first-order valence-corrected chi connectivity index (χ1v) is 6.47. The SMILES string of the molecule is CCC1C[C@H](C(=O)NCCCC#N)[C@H](C(=O)O)C1. The molecule has 0 spiro atoms. The molecule has 5 heteroatoms. The topological polar surface area (TPSA) is 90.2 Å². The van der Waals surface area contributed by atoms with Crippen LogP contribution in [0.2, 0.25) is 0 Å². The van der Waals surface area contributed by atoms with Crippen molar-refractivity contribution >= 4 is 11.9 Å². The van der Waals surface area contributed by atoms with E-state index in [2.05, 4.69) is 5.32 Å². The molecule has 1 saturated carbocycles. The summed E-state index contributed by atoms with van der Waals surface area (Å²) in [7, 11) is 0. The highest BCUT2D eigenvalue weighted by atomic mass is 16.4. The van der Waals surface area contributed by atoms with Gasteiger partial charge in [-0.15, -0.1) is 0 Å². The third kappa shape index (κ3) is 3.73. The van der Waals surface area contributed by atoms with Crippen molar-refractivity contribution in [2.75, 3.05) is 6.54 Å². The lowest BCUT2D eigenvalue weighted by Crippen LogP contribution is -2.35. The van der Waals surface area contributed by atoms with Crippen LogP contribution in [0.1, 0.15) is 39.0 Å². The van der Waals surface area contributed by atoms with Crippen LogP contribution in [0.5, 0.6) is 0 Å². The van der Waals surface area contributed by atoms with Crippen molar-refractivity contribution in [3.63, 3.8) is 0 Å². The summed E-state index contributed by atoms with van der Waals surface area (Å²) in [6.07, 6.45) is 3.20. The zero-order valence-electron chi connectivity index (χ0n) is 10.7. The van der Waals surface area contributed by atoms with E-state index in [0.717, 1.165) is 6.42 Å². The van der Waals surface area contributed by atoms with Gasteiger partial charge < -0.3 is 10.4 Å². The molecule has 1 fully saturated rings. The highest BCUT2D eigenvalue weighted by molar-refractivity contribution is 5.85. The molecule has 0 aromatic carbocycles. The number of carboxylic acid groups (broad SMARTS) is 1. The zero-order valence-corrected chi connectivity index (χ0v) is 10.7. The average Bonchev–Trinajstić information content (AvgIpc) is 2.78. The highest BCUT2D eigenvalue weighted by Gasteiger charge is 2.41. The van der Waals surface area contributed by atoms with E-state index in [1.165, 1.54) is 0 Å². The normalized spacial score (nSPS) is 26.6. The number of carboxylic acids is 1. The summed E-state index contributed by atoms with van der Waals surface area (Å²) in [6.45, 7) is 2.48. The predicted molar refractivity (Wildman–Crippen MR) is 65.5 cm³/mol. The molecule has 0 heterocycles. The van der Waals surface area contributed by atoms with Crippen molar-refractivity contribution in [1.29, 1.82) is 5.26 Å². The number of nitrogens with zero attached hydrogens (tertiary/aromatic N) is 1. The number of carbonyl (C=O) groups excluding carboxylic acids is 1. The first-order chi connectivity index (χ1) is 8.60. The Morgan fingerprint density at radius 3 is 2.61 bits per heavy atom. The zero-order chi connectivity index (χ0) is 13.5. The largest absolute Gasteiger partial charge is 0.481 e. The van der Waals surface area contributed by atoms with Gasteiger partial charge in [0, 0.05) is 13.0 Å². The van der Waals surface area contributed by atoms with Crippen LogP contribution in [0.15, 0.2) is 0 Å². The van der Waals surface area contributed by atoms with Crippen LogP contribution in [0.4, 0.5) is 0 Å². The van der Waals surface area contributed by atoms with E-state index in [0.29, 0.717) is 38.1 Å². The van der Waals surface area contributed by atoms with Crippen LogP contribution in [-0.4, -0.2) is 23.5 Å². The van der Waals surface area contributed by atoms with Gasteiger partial charge in [-0.1, -0.05) is 13.3 Å². The molecule has 1 unspecified atom stereocenters. The molecule has 0 radical (unpaired) electrons. The smallest absolute Gasteiger partial charge is 0.307 e. The second-order valence-corrected chi connectivity index (χ2v) is 4.85. The van der Waals surface area contributed by atoms with E-state index in [1.54, 1.807) is 0 Å². The van der Waals surface area contributed by atoms with E-state index in [4.69, 9.17) is 10.4 Å². The molecule has 0 aromatic rings. The molecular weight excluding hydrogens is 232 g/mol. The van der Waals surface area contributed by atoms with Crippen LogP contribution in [-0.2, 0) is 9.59 Å². The van der Waals surface area contributed by atoms with Gasteiger partial charge in [0.2, 0.25) is 5.91 Å². The third-order valence-corrected chi connectivity index (χ3v) is 3.66. The Morgan fingerprint density at radius 1 is 1.39 bits per heavy atom. The Kier molecular flexibility index (Phi) is 5.63. The molecule has 1 rings (SSSR count). The molecule has 5 nitrogen and oxygen atoms in total. The molecule has 0 aliphatic heterocycles. The third-order valence-electron chi connectivity index (χ3n) is 3.66. The molecule has 1 aliphatic carbocycles. The monoisotopic (exact) mass is 252 g/mol. The Balaban J connectivity index is 2.49. The van der Waals surface area contributed by atoms with Gasteiger partial charge in [-0.05, 0) is 25.2 Å². The van der Waals surface area contributed by atoms with E-state index in [1.807, 2.05) is 13.0 Å². The highest BCUT2D eigenvalue weighted by Crippen LogP contribution is 2.38. The number of carbonyl (C=O) groups is 2. The molecule has 0 bridgehead atoms. The van der Waals surface area contributed by atoms with Crippen LogP contribution >= 0.6 is 0 Å². The first kappa shape index (κ1) is 14.5. The summed E-state index contributed by atoms with van der Waals surface area (Å²) in [4.78, 5) is 23.1.